The van der Waals surface area contributed by atoms with E-state index >= 15 is 0 Å². The van der Waals surface area contributed by atoms with Gasteiger partial charge < -0.3 is 20.0 Å². The highest BCUT2D eigenvalue weighted by atomic mass is 16.7. The standard InChI is InChI=1S/C19H24BN3O2/c1-13-8-9-22-17(10-13)23-16-11-15(7-6-14(16)12-21)20-24-18(2,3)19(4,5)25-20/h6-12,21H,1-5H3,(H,22,23). The van der Waals surface area contributed by atoms with Crippen molar-refractivity contribution in [2.45, 2.75) is 45.8 Å². The summed E-state index contributed by atoms with van der Waals surface area (Å²) >= 11 is 0. The lowest BCUT2D eigenvalue weighted by molar-refractivity contribution is 0.00578. The maximum Gasteiger partial charge on any atom is 0.494 e. The molecule has 1 aliphatic rings. The van der Waals surface area contributed by atoms with Crippen molar-refractivity contribution in [1.29, 1.82) is 5.41 Å². The number of nitrogens with zero attached hydrogens (tertiary/aromatic N) is 1. The number of hydrogen-bond donors (Lipinski definition) is 2. The van der Waals surface area contributed by atoms with E-state index in [1.165, 1.54) is 6.21 Å². The third kappa shape index (κ3) is 3.46. The second kappa shape index (κ2) is 6.28. The summed E-state index contributed by atoms with van der Waals surface area (Å²) < 4.78 is 12.3. The normalized spacial score (nSPS) is 18.2. The van der Waals surface area contributed by atoms with Crippen molar-refractivity contribution < 1.29 is 9.31 Å². The van der Waals surface area contributed by atoms with Gasteiger partial charge in [0.2, 0.25) is 0 Å². The van der Waals surface area contributed by atoms with Gasteiger partial charge in [-0.05, 0) is 63.8 Å². The van der Waals surface area contributed by atoms with Gasteiger partial charge >= 0.3 is 7.12 Å². The van der Waals surface area contributed by atoms with Crippen LogP contribution in [0.15, 0.2) is 36.5 Å². The summed E-state index contributed by atoms with van der Waals surface area (Å²) in [6, 6.07) is 9.72. The number of benzene rings is 1. The maximum atomic E-state index is 7.65. The minimum atomic E-state index is -0.434. The summed E-state index contributed by atoms with van der Waals surface area (Å²) in [5.74, 6) is 0.745. The summed E-state index contributed by atoms with van der Waals surface area (Å²) in [4.78, 5) is 4.33. The molecule has 0 unspecified atom stereocenters. The highest BCUT2D eigenvalue weighted by Crippen LogP contribution is 2.36. The predicted molar refractivity (Wildman–Crippen MR) is 102 cm³/mol. The molecule has 2 aromatic rings. The highest BCUT2D eigenvalue weighted by molar-refractivity contribution is 6.62. The average molecular weight is 337 g/mol. The molecule has 1 aromatic heterocycles. The predicted octanol–water partition coefficient (Wildman–Crippen LogP) is 3.43. The zero-order chi connectivity index (χ0) is 18.2. The molecule has 0 bridgehead atoms. The quantitative estimate of drug-likeness (QED) is 0.663. The van der Waals surface area contributed by atoms with Crippen LogP contribution >= 0.6 is 0 Å². The minimum absolute atomic E-state index is 0.385. The molecule has 3 rings (SSSR count). The Morgan fingerprint density at radius 3 is 2.36 bits per heavy atom. The molecule has 2 N–H and O–H groups in total. The van der Waals surface area contributed by atoms with E-state index in [-0.39, 0.29) is 11.2 Å². The molecule has 1 saturated heterocycles. The highest BCUT2D eigenvalue weighted by Gasteiger charge is 2.51. The number of anilines is 2. The Hall–Kier alpha value is -2.18. The van der Waals surface area contributed by atoms with Gasteiger partial charge in [-0.2, -0.15) is 0 Å². The van der Waals surface area contributed by atoms with Crippen LogP contribution in [0.5, 0.6) is 0 Å². The average Bonchev–Trinajstić information content (AvgIpc) is 2.75. The molecule has 130 valence electrons. The van der Waals surface area contributed by atoms with Gasteiger partial charge in [-0.1, -0.05) is 12.1 Å². The Morgan fingerprint density at radius 2 is 1.76 bits per heavy atom. The van der Waals surface area contributed by atoms with E-state index in [1.807, 2.05) is 65.0 Å². The van der Waals surface area contributed by atoms with Gasteiger partial charge in [0.05, 0.1) is 11.2 Å². The molecule has 1 aromatic carbocycles. The minimum Gasteiger partial charge on any atom is -0.399 e. The number of pyridine rings is 1. The lowest BCUT2D eigenvalue weighted by atomic mass is 9.78. The number of aryl methyl sites for hydroxylation is 1. The fourth-order valence-corrected chi connectivity index (χ4v) is 2.68. The topological polar surface area (TPSA) is 67.2 Å². The van der Waals surface area contributed by atoms with Gasteiger partial charge in [0.1, 0.15) is 5.82 Å². The largest absolute Gasteiger partial charge is 0.494 e. The van der Waals surface area contributed by atoms with Gasteiger partial charge in [-0.3, -0.25) is 0 Å². The van der Waals surface area contributed by atoms with Crippen molar-refractivity contribution >= 4 is 30.3 Å². The molecule has 0 saturated carbocycles. The SMILES string of the molecule is Cc1ccnc(Nc2cc(B3OC(C)(C)C(C)(C)O3)ccc2C=N)c1. The molecular weight excluding hydrogens is 313 g/mol. The van der Waals surface area contributed by atoms with E-state index in [0.717, 1.165) is 28.1 Å². The second-order valence-electron chi connectivity index (χ2n) is 7.42. The van der Waals surface area contributed by atoms with E-state index in [2.05, 4.69) is 10.3 Å². The molecule has 2 heterocycles. The van der Waals surface area contributed by atoms with Crippen molar-refractivity contribution in [2.75, 3.05) is 5.32 Å². The first kappa shape index (κ1) is 17.6. The fourth-order valence-electron chi connectivity index (χ4n) is 2.68. The van der Waals surface area contributed by atoms with Crippen LogP contribution in [0.1, 0.15) is 38.8 Å². The van der Waals surface area contributed by atoms with Crippen molar-refractivity contribution in [1.82, 2.24) is 4.98 Å². The van der Waals surface area contributed by atoms with E-state index in [0.29, 0.717) is 0 Å². The molecule has 5 nitrogen and oxygen atoms in total. The Labute approximate surface area is 149 Å². The summed E-state index contributed by atoms with van der Waals surface area (Å²) in [6.45, 7) is 10.2. The van der Waals surface area contributed by atoms with Crippen molar-refractivity contribution in [2.24, 2.45) is 0 Å². The van der Waals surface area contributed by atoms with Crippen LogP contribution in [0.3, 0.4) is 0 Å². The van der Waals surface area contributed by atoms with Gasteiger partial charge in [0, 0.05) is 23.7 Å². The Kier molecular flexibility index (Phi) is 4.43. The monoisotopic (exact) mass is 337 g/mol. The number of hydrogen-bond acceptors (Lipinski definition) is 5. The molecule has 25 heavy (non-hydrogen) atoms. The van der Waals surface area contributed by atoms with Gasteiger partial charge in [0.25, 0.3) is 0 Å². The van der Waals surface area contributed by atoms with E-state index in [4.69, 9.17) is 14.7 Å². The van der Waals surface area contributed by atoms with Crippen LogP contribution in [0.2, 0.25) is 0 Å². The first-order chi connectivity index (χ1) is 11.7. The van der Waals surface area contributed by atoms with E-state index in [1.54, 1.807) is 6.20 Å². The zero-order valence-electron chi connectivity index (χ0n) is 15.4. The first-order valence-corrected chi connectivity index (χ1v) is 8.41. The van der Waals surface area contributed by atoms with Gasteiger partial charge in [0.15, 0.2) is 0 Å². The third-order valence-corrected chi connectivity index (χ3v) is 4.94. The van der Waals surface area contributed by atoms with Crippen molar-refractivity contribution in [3.8, 4) is 0 Å². The number of aromatic nitrogens is 1. The first-order valence-electron chi connectivity index (χ1n) is 8.41. The Bertz CT molecular complexity index is 789. The van der Waals surface area contributed by atoms with Crippen LogP contribution in [-0.2, 0) is 9.31 Å². The molecule has 1 aliphatic heterocycles. The van der Waals surface area contributed by atoms with E-state index < -0.39 is 7.12 Å². The van der Waals surface area contributed by atoms with Gasteiger partial charge in [-0.15, -0.1) is 0 Å². The number of rotatable bonds is 4. The van der Waals surface area contributed by atoms with Gasteiger partial charge in [-0.25, -0.2) is 4.98 Å². The van der Waals surface area contributed by atoms with Crippen LogP contribution in [0.4, 0.5) is 11.5 Å². The molecule has 0 spiro atoms. The van der Waals surface area contributed by atoms with Crippen molar-refractivity contribution in [3.63, 3.8) is 0 Å². The second-order valence-corrected chi connectivity index (χ2v) is 7.42. The summed E-state index contributed by atoms with van der Waals surface area (Å²) in [7, 11) is -0.434. The number of nitrogens with one attached hydrogen (secondary N) is 2. The zero-order valence-corrected chi connectivity index (χ0v) is 15.4. The van der Waals surface area contributed by atoms with Crippen LogP contribution in [0.25, 0.3) is 0 Å². The molecule has 0 atom stereocenters. The summed E-state index contributed by atoms with van der Waals surface area (Å²) in [5.41, 5.74) is 2.85. The fraction of sp³-hybridized carbons (Fsp3) is 0.368. The van der Waals surface area contributed by atoms with E-state index in [9.17, 15) is 0 Å². The molecule has 6 heteroatoms. The molecule has 1 fully saturated rings. The van der Waals surface area contributed by atoms with Crippen LogP contribution < -0.4 is 10.8 Å². The third-order valence-electron chi connectivity index (χ3n) is 4.94. The Balaban J connectivity index is 1.92. The molecule has 0 aliphatic carbocycles. The molecular formula is C19H24BN3O2. The molecule has 0 radical (unpaired) electrons. The lowest BCUT2D eigenvalue weighted by Crippen LogP contribution is -2.41. The lowest BCUT2D eigenvalue weighted by Gasteiger charge is -2.32. The maximum absolute atomic E-state index is 7.65. The summed E-state index contributed by atoms with van der Waals surface area (Å²) in [5, 5.41) is 10.9. The Morgan fingerprint density at radius 1 is 1.08 bits per heavy atom. The van der Waals surface area contributed by atoms with Crippen LogP contribution in [0, 0.1) is 12.3 Å². The summed E-state index contributed by atoms with van der Waals surface area (Å²) in [6.07, 6.45) is 3.09. The van der Waals surface area contributed by atoms with Crippen molar-refractivity contribution in [3.05, 3.63) is 47.7 Å². The van der Waals surface area contributed by atoms with Crippen LogP contribution in [-0.4, -0.2) is 29.5 Å². The molecule has 0 amide bonds. The smallest absolute Gasteiger partial charge is 0.399 e.